The lowest BCUT2D eigenvalue weighted by Crippen LogP contribution is -2.16. The first-order valence-electron chi connectivity index (χ1n) is 16.0. The second kappa shape index (κ2) is 8.95. The molecule has 2 aliphatic carbocycles. The summed E-state index contributed by atoms with van der Waals surface area (Å²) in [5.41, 5.74) is 12.5. The Morgan fingerprint density at radius 2 is 1.46 bits per heavy atom. The number of rotatable bonds is 2. The van der Waals surface area contributed by atoms with Crippen LogP contribution in [0.5, 0.6) is 0 Å². The molecule has 3 aromatic heterocycles. The number of aromatic nitrogens is 4. The van der Waals surface area contributed by atoms with Crippen molar-refractivity contribution in [1.29, 1.82) is 0 Å². The Morgan fingerprint density at radius 1 is 0.674 bits per heavy atom. The Labute approximate surface area is 265 Å². The van der Waals surface area contributed by atoms with Crippen molar-refractivity contribution in [3.8, 4) is 22.5 Å². The van der Waals surface area contributed by atoms with Crippen molar-refractivity contribution in [1.82, 2.24) is 18.5 Å². The molecule has 8 aromatic rings. The van der Waals surface area contributed by atoms with E-state index >= 15 is 0 Å². The number of benzene rings is 5. The van der Waals surface area contributed by atoms with Gasteiger partial charge in [0.1, 0.15) is 0 Å². The molecule has 0 radical (unpaired) electrons. The molecule has 2 aliphatic rings. The highest BCUT2D eigenvalue weighted by Gasteiger charge is 2.36. The standard InChI is InChI=1S/C41H30N4O/c1-41(2)32-16-8-6-14-27(32)29-23-31-30-22-26(20-21-35(30)43(38(31)24-33(29)41)25-12-4-3-5-13-25)44-36-18-10-11-19-37(36)45-39(46)28-15-7-9-17-34(28)42-40(44)45/h3-9,11-17,19-24H,10,18H2,1-2H3. The molecule has 0 N–H and O–H groups in total. The predicted octanol–water partition coefficient (Wildman–Crippen LogP) is 9.00. The summed E-state index contributed by atoms with van der Waals surface area (Å²) in [7, 11) is 0. The van der Waals surface area contributed by atoms with Crippen LogP contribution in [-0.2, 0) is 11.8 Å². The van der Waals surface area contributed by atoms with E-state index in [1.54, 1.807) is 4.40 Å². The van der Waals surface area contributed by atoms with Crippen molar-refractivity contribution in [2.24, 2.45) is 0 Å². The van der Waals surface area contributed by atoms with Gasteiger partial charge < -0.3 is 4.57 Å². The average Bonchev–Trinajstić information content (AvgIpc) is 3.67. The molecule has 3 heterocycles. The van der Waals surface area contributed by atoms with Crippen molar-refractivity contribution < 1.29 is 0 Å². The normalized spacial score (nSPS) is 14.7. The number of hydrogen-bond acceptors (Lipinski definition) is 2. The van der Waals surface area contributed by atoms with Gasteiger partial charge in [-0.2, -0.15) is 0 Å². The summed E-state index contributed by atoms with van der Waals surface area (Å²) in [6.45, 7) is 4.68. The third kappa shape index (κ3) is 3.24. The average molecular weight is 595 g/mol. The summed E-state index contributed by atoms with van der Waals surface area (Å²) in [6, 6.07) is 38.7. The molecule has 0 saturated heterocycles. The summed E-state index contributed by atoms with van der Waals surface area (Å²) >= 11 is 0. The van der Waals surface area contributed by atoms with Crippen LogP contribution in [0.1, 0.15) is 42.8 Å². The van der Waals surface area contributed by atoms with Gasteiger partial charge in [-0.15, -0.1) is 0 Å². The SMILES string of the molecule is CC1(C)c2ccccc2-c2cc3c4cc(-n5c6c(n7c(=O)c8ccccc8nc57)C=CCC6)ccc4n(-c4ccccc4)c3cc21. The monoisotopic (exact) mass is 594 g/mol. The van der Waals surface area contributed by atoms with Crippen LogP contribution in [0.3, 0.4) is 0 Å². The van der Waals surface area contributed by atoms with Crippen LogP contribution in [0.25, 0.3) is 67.1 Å². The van der Waals surface area contributed by atoms with E-state index in [-0.39, 0.29) is 11.0 Å². The van der Waals surface area contributed by atoms with Gasteiger partial charge >= 0.3 is 0 Å². The molecule has 0 bridgehead atoms. The number of hydrogen-bond donors (Lipinski definition) is 0. The first-order chi connectivity index (χ1) is 22.5. The van der Waals surface area contributed by atoms with Crippen LogP contribution in [0.15, 0.2) is 120 Å². The maximum atomic E-state index is 13.9. The molecule has 0 atom stereocenters. The van der Waals surface area contributed by atoms with Crippen molar-refractivity contribution in [2.75, 3.05) is 0 Å². The fourth-order valence-corrected chi connectivity index (χ4v) is 8.15. The molecule has 5 aromatic carbocycles. The Bertz CT molecular complexity index is 2680. The highest BCUT2D eigenvalue weighted by atomic mass is 16.1. The summed E-state index contributed by atoms with van der Waals surface area (Å²) < 4.78 is 6.41. The van der Waals surface area contributed by atoms with E-state index in [2.05, 4.69) is 120 Å². The summed E-state index contributed by atoms with van der Waals surface area (Å²) in [6.07, 6.45) is 6.01. The smallest absolute Gasteiger partial charge is 0.267 e. The van der Waals surface area contributed by atoms with Crippen LogP contribution >= 0.6 is 0 Å². The second-order valence-corrected chi connectivity index (χ2v) is 13.1. The molecule has 220 valence electrons. The van der Waals surface area contributed by atoms with Gasteiger partial charge in [-0.1, -0.05) is 74.5 Å². The molecule has 10 rings (SSSR count). The maximum Gasteiger partial charge on any atom is 0.267 e. The minimum absolute atomic E-state index is 0.0271. The topological polar surface area (TPSA) is 44.2 Å². The van der Waals surface area contributed by atoms with Crippen molar-refractivity contribution in [3.63, 3.8) is 0 Å². The Kier molecular flexibility index (Phi) is 4.99. The van der Waals surface area contributed by atoms with E-state index in [4.69, 9.17) is 4.98 Å². The van der Waals surface area contributed by atoms with E-state index in [1.807, 2.05) is 24.3 Å². The molecule has 46 heavy (non-hydrogen) atoms. The van der Waals surface area contributed by atoms with Crippen LogP contribution in [0.4, 0.5) is 0 Å². The molecule has 0 amide bonds. The minimum Gasteiger partial charge on any atom is -0.309 e. The Morgan fingerprint density at radius 3 is 2.35 bits per heavy atom. The van der Waals surface area contributed by atoms with Gasteiger partial charge in [0.25, 0.3) is 5.56 Å². The van der Waals surface area contributed by atoms with Crippen LogP contribution < -0.4 is 5.56 Å². The molecule has 0 unspecified atom stereocenters. The highest BCUT2D eigenvalue weighted by molar-refractivity contribution is 6.12. The lowest BCUT2D eigenvalue weighted by molar-refractivity contribution is 0.661. The quantitative estimate of drug-likeness (QED) is 0.201. The van der Waals surface area contributed by atoms with E-state index in [9.17, 15) is 4.79 Å². The van der Waals surface area contributed by atoms with Gasteiger partial charge in [-0.25, -0.2) is 9.38 Å². The van der Waals surface area contributed by atoms with Gasteiger partial charge in [0.15, 0.2) is 0 Å². The third-order valence-electron chi connectivity index (χ3n) is 10.3. The van der Waals surface area contributed by atoms with Crippen LogP contribution in [-0.4, -0.2) is 18.5 Å². The summed E-state index contributed by atoms with van der Waals surface area (Å²) in [5, 5.41) is 3.03. The summed E-state index contributed by atoms with van der Waals surface area (Å²) in [4.78, 5) is 19.0. The largest absolute Gasteiger partial charge is 0.309 e. The third-order valence-corrected chi connectivity index (χ3v) is 10.3. The zero-order valence-corrected chi connectivity index (χ0v) is 25.7. The molecule has 5 heteroatoms. The molecule has 5 nitrogen and oxygen atoms in total. The van der Waals surface area contributed by atoms with E-state index in [0.29, 0.717) is 16.7 Å². The number of nitrogens with zero attached hydrogens (tertiary/aromatic N) is 4. The van der Waals surface area contributed by atoms with Crippen molar-refractivity contribution in [3.05, 3.63) is 148 Å². The zero-order chi connectivity index (χ0) is 30.7. The lowest BCUT2D eigenvalue weighted by atomic mass is 9.82. The van der Waals surface area contributed by atoms with E-state index < -0.39 is 0 Å². The number of fused-ring (bicyclic) bond motifs is 10. The van der Waals surface area contributed by atoms with Crippen LogP contribution in [0.2, 0.25) is 0 Å². The maximum absolute atomic E-state index is 13.9. The van der Waals surface area contributed by atoms with E-state index in [0.717, 1.165) is 41.1 Å². The fourth-order valence-electron chi connectivity index (χ4n) is 8.15. The zero-order valence-electron chi connectivity index (χ0n) is 25.7. The molecular weight excluding hydrogens is 564 g/mol. The van der Waals surface area contributed by atoms with E-state index in [1.165, 1.54) is 38.5 Å². The summed E-state index contributed by atoms with van der Waals surface area (Å²) in [5.74, 6) is 0.656. The number of allylic oxidation sites excluding steroid dienone is 1. The van der Waals surface area contributed by atoms with Gasteiger partial charge in [0.05, 0.1) is 33.3 Å². The van der Waals surface area contributed by atoms with Crippen molar-refractivity contribution >= 4 is 44.6 Å². The van der Waals surface area contributed by atoms with Gasteiger partial charge in [-0.3, -0.25) is 9.36 Å². The first-order valence-corrected chi connectivity index (χ1v) is 16.0. The lowest BCUT2D eigenvalue weighted by Gasteiger charge is -2.21. The first kappa shape index (κ1) is 25.6. The van der Waals surface area contributed by atoms with Gasteiger partial charge in [-0.05, 0) is 95.8 Å². The fraction of sp³-hybridized carbons (Fsp3) is 0.122. The molecule has 0 saturated carbocycles. The predicted molar refractivity (Wildman–Crippen MR) is 188 cm³/mol. The van der Waals surface area contributed by atoms with Crippen molar-refractivity contribution in [2.45, 2.75) is 32.1 Å². The Hall–Kier alpha value is -5.68. The van der Waals surface area contributed by atoms with Crippen LogP contribution in [0, 0.1) is 0 Å². The second-order valence-electron chi connectivity index (χ2n) is 13.1. The highest BCUT2D eigenvalue weighted by Crippen LogP contribution is 2.51. The minimum atomic E-state index is -0.0956. The molecule has 0 fully saturated rings. The van der Waals surface area contributed by atoms with Gasteiger partial charge in [0.2, 0.25) is 5.78 Å². The van der Waals surface area contributed by atoms with Gasteiger partial charge in [0, 0.05) is 27.6 Å². The molecule has 0 spiro atoms. The number of imidazole rings is 1. The number of para-hydroxylation sites is 2. The Balaban J connectivity index is 1.32. The molecule has 0 aliphatic heterocycles. The molecular formula is C41H30N4O.